The van der Waals surface area contributed by atoms with Gasteiger partial charge in [-0.2, -0.15) is 0 Å². The molecule has 0 N–H and O–H groups in total. The van der Waals surface area contributed by atoms with E-state index in [0.717, 1.165) is 12.8 Å². The molecule has 1 saturated heterocycles. The van der Waals surface area contributed by atoms with Crippen molar-refractivity contribution in [2.24, 2.45) is 5.11 Å². The Balaban J connectivity index is 1.65. The molecule has 3 aliphatic rings. The number of fused-ring (bicyclic) bond motifs is 3. The molecule has 0 aliphatic carbocycles. The molecular formula is C15H15N5O4. The highest BCUT2D eigenvalue weighted by Crippen LogP contribution is 2.38. The zero-order chi connectivity index (χ0) is 16.7. The maximum atomic E-state index is 12.6. The fourth-order valence-corrected chi connectivity index (χ4v) is 3.26. The normalized spacial score (nSPS) is 21.2. The van der Waals surface area contributed by atoms with Gasteiger partial charge in [0, 0.05) is 31.0 Å². The highest BCUT2D eigenvalue weighted by Gasteiger charge is 2.39. The Bertz CT molecular complexity index is 773. The molecule has 0 radical (unpaired) electrons. The maximum absolute atomic E-state index is 12.6. The fourth-order valence-electron chi connectivity index (χ4n) is 3.26. The molecule has 1 fully saturated rings. The molecule has 1 atom stereocenters. The van der Waals surface area contributed by atoms with E-state index in [1.807, 2.05) is 0 Å². The molecule has 3 aliphatic heterocycles. The predicted molar refractivity (Wildman–Crippen MR) is 81.7 cm³/mol. The van der Waals surface area contributed by atoms with Gasteiger partial charge < -0.3 is 19.3 Å². The van der Waals surface area contributed by atoms with Gasteiger partial charge >= 0.3 is 0 Å². The summed E-state index contributed by atoms with van der Waals surface area (Å²) < 4.78 is 11.5. The van der Waals surface area contributed by atoms with Gasteiger partial charge in [-0.3, -0.25) is 9.59 Å². The van der Waals surface area contributed by atoms with E-state index in [2.05, 4.69) is 10.0 Å². The average molecular weight is 329 g/mol. The van der Waals surface area contributed by atoms with Crippen LogP contribution >= 0.6 is 0 Å². The van der Waals surface area contributed by atoms with E-state index in [9.17, 15) is 9.59 Å². The Hall–Kier alpha value is -2.93. The summed E-state index contributed by atoms with van der Waals surface area (Å²) in [5, 5.41) is 3.43. The highest BCUT2D eigenvalue weighted by atomic mass is 16.5. The average Bonchev–Trinajstić information content (AvgIpc) is 3.05. The Morgan fingerprint density at radius 1 is 1.25 bits per heavy atom. The lowest BCUT2D eigenvalue weighted by Crippen LogP contribution is -2.44. The number of carbonyl (C=O) groups is 2. The van der Waals surface area contributed by atoms with Crippen LogP contribution in [0.1, 0.15) is 33.6 Å². The Morgan fingerprint density at radius 2 is 2.04 bits per heavy atom. The van der Waals surface area contributed by atoms with Crippen LogP contribution in [0.5, 0.6) is 11.5 Å². The van der Waals surface area contributed by atoms with Crippen LogP contribution in [-0.4, -0.2) is 54.2 Å². The fraction of sp³-hybridized carbons (Fsp3) is 0.467. The summed E-state index contributed by atoms with van der Waals surface area (Å²) in [6.45, 7) is 1.20. The number of azide groups is 1. The van der Waals surface area contributed by atoms with Crippen LogP contribution in [0, 0.1) is 0 Å². The van der Waals surface area contributed by atoms with Crippen LogP contribution in [0.25, 0.3) is 10.4 Å². The Labute approximate surface area is 137 Å². The standard InChI is InChI=1S/C15H15N5O4/c16-18-17-3-5-19-8-23-11-6-10-12(7-9(11)14(19)21)24-13-2-1-4-20(13)15(10)22/h6-7,13H,1-5,8H2. The third-order valence-corrected chi connectivity index (χ3v) is 4.46. The van der Waals surface area contributed by atoms with Crippen molar-refractivity contribution in [3.63, 3.8) is 0 Å². The van der Waals surface area contributed by atoms with Gasteiger partial charge in [0.2, 0.25) is 0 Å². The van der Waals surface area contributed by atoms with E-state index >= 15 is 0 Å². The third kappa shape index (κ3) is 2.21. The second kappa shape index (κ2) is 5.61. The summed E-state index contributed by atoms with van der Waals surface area (Å²) in [4.78, 5) is 31.0. The second-order valence-corrected chi connectivity index (χ2v) is 5.85. The van der Waals surface area contributed by atoms with E-state index in [1.54, 1.807) is 17.0 Å². The highest BCUT2D eigenvalue weighted by molar-refractivity contribution is 6.03. The van der Waals surface area contributed by atoms with Crippen molar-refractivity contribution in [2.75, 3.05) is 26.4 Å². The van der Waals surface area contributed by atoms with Crippen molar-refractivity contribution in [1.29, 1.82) is 0 Å². The van der Waals surface area contributed by atoms with Crippen LogP contribution in [0.4, 0.5) is 0 Å². The van der Waals surface area contributed by atoms with Crippen molar-refractivity contribution in [3.05, 3.63) is 33.7 Å². The van der Waals surface area contributed by atoms with Crippen LogP contribution in [0.2, 0.25) is 0 Å². The molecule has 2 amide bonds. The molecule has 0 saturated carbocycles. The zero-order valence-electron chi connectivity index (χ0n) is 12.8. The van der Waals surface area contributed by atoms with E-state index in [-0.39, 0.29) is 37.9 Å². The maximum Gasteiger partial charge on any atom is 0.260 e. The van der Waals surface area contributed by atoms with Gasteiger partial charge in [0.1, 0.15) is 11.5 Å². The molecule has 3 heterocycles. The van der Waals surface area contributed by atoms with Crippen LogP contribution in [0.3, 0.4) is 0 Å². The first-order chi connectivity index (χ1) is 11.7. The number of rotatable bonds is 3. The lowest BCUT2D eigenvalue weighted by atomic mass is 10.0. The van der Waals surface area contributed by atoms with Gasteiger partial charge in [-0.1, -0.05) is 5.11 Å². The minimum atomic E-state index is -0.247. The molecule has 124 valence electrons. The van der Waals surface area contributed by atoms with Crippen molar-refractivity contribution in [1.82, 2.24) is 9.80 Å². The molecule has 9 nitrogen and oxygen atoms in total. The molecule has 1 unspecified atom stereocenters. The summed E-state index contributed by atoms with van der Waals surface area (Å²) in [7, 11) is 0. The molecular weight excluding hydrogens is 314 g/mol. The van der Waals surface area contributed by atoms with Crippen molar-refractivity contribution in [3.8, 4) is 11.5 Å². The number of amides is 2. The molecule has 1 aromatic carbocycles. The van der Waals surface area contributed by atoms with Crippen molar-refractivity contribution < 1.29 is 19.1 Å². The minimum Gasteiger partial charge on any atom is -0.472 e. The number of benzene rings is 1. The molecule has 0 bridgehead atoms. The first-order valence-electron chi connectivity index (χ1n) is 7.77. The van der Waals surface area contributed by atoms with E-state index < -0.39 is 0 Å². The first kappa shape index (κ1) is 14.6. The van der Waals surface area contributed by atoms with Crippen molar-refractivity contribution in [2.45, 2.75) is 19.1 Å². The van der Waals surface area contributed by atoms with Gasteiger partial charge in [-0.25, -0.2) is 0 Å². The summed E-state index contributed by atoms with van der Waals surface area (Å²) in [6.07, 6.45) is 1.46. The minimum absolute atomic E-state index is 0.0625. The topological polar surface area (TPSA) is 108 Å². The predicted octanol–water partition coefficient (Wildman–Crippen LogP) is 1.74. The number of ether oxygens (including phenoxy) is 2. The third-order valence-electron chi connectivity index (χ3n) is 4.46. The van der Waals surface area contributed by atoms with Crippen molar-refractivity contribution >= 4 is 11.8 Å². The van der Waals surface area contributed by atoms with E-state index in [4.69, 9.17) is 15.0 Å². The number of hydrogen-bond donors (Lipinski definition) is 0. The van der Waals surface area contributed by atoms with Crippen LogP contribution < -0.4 is 9.47 Å². The summed E-state index contributed by atoms with van der Waals surface area (Å²) in [5.74, 6) is 0.504. The SMILES string of the molecule is [N-]=[N+]=NCCN1COc2cc3c(cc2C1=O)OC1CCCN1C3=O. The molecule has 1 aromatic rings. The number of nitrogens with zero attached hydrogens (tertiary/aromatic N) is 5. The lowest BCUT2D eigenvalue weighted by Gasteiger charge is -2.34. The Kier molecular flexibility index (Phi) is 3.42. The van der Waals surface area contributed by atoms with Gasteiger partial charge in [-0.05, 0) is 24.1 Å². The van der Waals surface area contributed by atoms with Crippen LogP contribution in [-0.2, 0) is 0 Å². The molecule has 9 heteroatoms. The molecule has 0 spiro atoms. The molecule has 24 heavy (non-hydrogen) atoms. The van der Waals surface area contributed by atoms with E-state index in [0.29, 0.717) is 29.2 Å². The number of hydrogen-bond acceptors (Lipinski definition) is 5. The zero-order valence-corrected chi connectivity index (χ0v) is 12.8. The van der Waals surface area contributed by atoms with Gasteiger partial charge in [0.15, 0.2) is 13.0 Å². The van der Waals surface area contributed by atoms with Crippen LogP contribution in [0.15, 0.2) is 17.2 Å². The quantitative estimate of drug-likeness (QED) is 0.478. The van der Waals surface area contributed by atoms with Gasteiger partial charge in [-0.15, -0.1) is 0 Å². The number of carbonyl (C=O) groups excluding carboxylic acids is 2. The van der Waals surface area contributed by atoms with Gasteiger partial charge in [0.25, 0.3) is 11.8 Å². The smallest absolute Gasteiger partial charge is 0.260 e. The summed E-state index contributed by atoms with van der Waals surface area (Å²) >= 11 is 0. The summed E-state index contributed by atoms with van der Waals surface area (Å²) in [6, 6.07) is 3.17. The largest absolute Gasteiger partial charge is 0.472 e. The molecule has 0 aromatic heterocycles. The van der Waals surface area contributed by atoms with Gasteiger partial charge in [0.05, 0.1) is 11.1 Å². The lowest BCUT2D eigenvalue weighted by molar-refractivity contribution is 0.0284. The second-order valence-electron chi connectivity index (χ2n) is 5.85. The monoisotopic (exact) mass is 329 g/mol. The first-order valence-corrected chi connectivity index (χ1v) is 7.77. The molecule has 4 rings (SSSR count). The van der Waals surface area contributed by atoms with E-state index in [1.165, 1.54) is 4.90 Å². The Morgan fingerprint density at radius 3 is 2.88 bits per heavy atom. The summed E-state index contributed by atoms with van der Waals surface area (Å²) in [5.41, 5.74) is 9.12.